The zero-order valence-corrected chi connectivity index (χ0v) is 21.2. The molecular weight excluding hydrogens is 497 g/mol. The summed E-state index contributed by atoms with van der Waals surface area (Å²) in [6.07, 6.45) is 4.61. The molecule has 3 saturated heterocycles. The van der Waals surface area contributed by atoms with Crippen LogP contribution in [0.4, 0.5) is 10.2 Å². The van der Waals surface area contributed by atoms with Crippen molar-refractivity contribution >= 4 is 28.3 Å². The largest absolute Gasteiger partial charge is 0.507 e. The minimum Gasteiger partial charge on any atom is -0.507 e. The number of benzene rings is 2. The highest BCUT2D eigenvalue weighted by atomic mass is 35.5. The van der Waals surface area contributed by atoms with E-state index in [1.165, 1.54) is 31.0 Å². The predicted molar refractivity (Wildman–Crippen MR) is 139 cm³/mol. The predicted octanol–water partition coefficient (Wildman–Crippen LogP) is 3.97. The van der Waals surface area contributed by atoms with Crippen LogP contribution in [-0.4, -0.2) is 77.5 Å². The Morgan fingerprint density at radius 1 is 1.22 bits per heavy atom. The number of fused-ring (bicyclic) bond motifs is 3. The van der Waals surface area contributed by atoms with Crippen molar-refractivity contribution < 1.29 is 19.0 Å². The minimum absolute atomic E-state index is 0.0203. The maximum Gasteiger partial charge on any atom is 0.319 e. The van der Waals surface area contributed by atoms with E-state index < -0.39 is 5.82 Å². The quantitative estimate of drug-likeness (QED) is 0.529. The average Bonchev–Trinajstić information content (AvgIpc) is 3.43. The molecule has 0 aliphatic carbocycles. The van der Waals surface area contributed by atoms with E-state index in [-0.39, 0.29) is 27.9 Å². The second-order valence-corrected chi connectivity index (χ2v) is 10.9. The van der Waals surface area contributed by atoms with Gasteiger partial charge in [0.1, 0.15) is 30.6 Å². The van der Waals surface area contributed by atoms with E-state index >= 15 is 0 Å². The summed E-state index contributed by atoms with van der Waals surface area (Å²) in [5.74, 6) is 0.355. The van der Waals surface area contributed by atoms with Gasteiger partial charge in [-0.15, -0.1) is 0 Å². The van der Waals surface area contributed by atoms with Gasteiger partial charge in [0.05, 0.1) is 33.1 Å². The van der Waals surface area contributed by atoms with Crippen LogP contribution in [0.3, 0.4) is 0 Å². The van der Waals surface area contributed by atoms with Crippen LogP contribution in [0.15, 0.2) is 24.3 Å². The molecule has 10 heteroatoms. The van der Waals surface area contributed by atoms with Gasteiger partial charge in [-0.05, 0) is 57.0 Å². The van der Waals surface area contributed by atoms with E-state index in [1.54, 1.807) is 6.07 Å². The summed E-state index contributed by atoms with van der Waals surface area (Å²) >= 11 is 6.86. The Bertz CT molecular complexity index is 1360. The lowest BCUT2D eigenvalue weighted by Gasteiger charge is -2.35. The fraction of sp³-hybridized carbons (Fsp3) is 0.481. The van der Waals surface area contributed by atoms with Crippen molar-refractivity contribution in [2.45, 2.75) is 37.3 Å². The van der Waals surface area contributed by atoms with E-state index in [4.69, 9.17) is 31.0 Å². The second-order valence-electron chi connectivity index (χ2n) is 10.5. The lowest BCUT2D eigenvalue weighted by molar-refractivity contribution is 0.108. The van der Waals surface area contributed by atoms with Crippen LogP contribution in [-0.2, 0) is 0 Å². The van der Waals surface area contributed by atoms with E-state index in [0.717, 1.165) is 51.4 Å². The highest BCUT2D eigenvalue weighted by molar-refractivity contribution is 6.36. The number of anilines is 1. The molecule has 3 fully saturated rings. The van der Waals surface area contributed by atoms with Crippen LogP contribution in [0.2, 0.25) is 5.02 Å². The normalized spacial score (nSPS) is 22.4. The van der Waals surface area contributed by atoms with Gasteiger partial charge >= 0.3 is 6.01 Å². The molecule has 2 N–H and O–H groups in total. The maximum absolute atomic E-state index is 14.9. The number of ether oxygens (including phenoxy) is 2. The lowest BCUT2D eigenvalue weighted by Crippen LogP contribution is -2.53. The number of hydrogen-bond acceptors (Lipinski definition) is 8. The summed E-state index contributed by atoms with van der Waals surface area (Å²) in [4.78, 5) is 14.5. The molecule has 0 radical (unpaired) electrons. The van der Waals surface area contributed by atoms with Gasteiger partial charge in [-0.25, -0.2) is 4.39 Å². The molecule has 1 aromatic heterocycles. The minimum atomic E-state index is -0.573. The molecule has 1 unspecified atom stereocenters. The first-order chi connectivity index (χ1) is 18.0. The summed E-state index contributed by atoms with van der Waals surface area (Å²) in [6.45, 7) is 5.48. The summed E-state index contributed by atoms with van der Waals surface area (Å²) in [6, 6.07) is 6.25. The highest BCUT2D eigenvalue weighted by Gasteiger charge is 2.45. The molecular formula is C27H29ClFN5O3. The number of aromatic nitrogens is 2. The zero-order valence-electron chi connectivity index (χ0n) is 20.5. The molecule has 3 aromatic rings. The van der Waals surface area contributed by atoms with Gasteiger partial charge in [-0.3, -0.25) is 4.90 Å². The van der Waals surface area contributed by atoms with Crippen molar-refractivity contribution in [3.05, 3.63) is 35.1 Å². The zero-order chi connectivity index (χ0) is 25.1. The van der Waals surface area contributed by atoms with Crippen molar-refractivity contribution in [2.75, 3.05) is 50.8 Å². The van der Waals surface area contributed by atoms with Crippen molar-refractivity contribution in [2.24, 2.45) is 0 Å². The van der Waals surface area contributed by atoms with Crippen molar-refractivity contribution in [1.29, 1.82) is 0 Å². The first-order valence-electron chi connectivity index (χ1n) is 13.0. The topological polar surface area (TPSA) is 83.0 Å². The molecule has 0 saturated carbocycles. The molecule has 194 valence electrons. The molecule has 0 bridgehead atoms. The van der Waals surface area contributed by atoms with E-state index in [9.17, 15) is 9.50 Å². The Kier molecular flexibility index (Phi) is 5.56. The molecule has 5 heterocycles. The number of phenolic OH excluding ortho intramolecular Hbond substituents is 1. The number of halogens is 2. The first-order valence-corrected chi connectivity index (χ1v) is 13.4. The SMILES string of the molecule is Oc1cccc(F)c1-c1cc2nc(OCC34CCCN3CCC4)nc3c2c(c1Cl)OCC1CNCCN31. The van der Waals surface area contributed by atoms with Gasteiger partial charge in [-0.1, -0.05) is 17.7 Å². The van der Waals surface area contributed by atoms with Gasteiger partial charge in [0, 0.05) is 25.2 Å². The van der Waals surface area contributed by atoms with E-state index in [0.29, 0.717) is 41.4 Å². The Labute approximate surface area is 219 Å². The van der Waals surface area contributed by atoms with Crippen LogP contribution in [0.5, 0.6) is 17.5 Å². The molecule has 2 aromatic carbocycles. The molecule has 4 aliphatic rings. The number of nitrogens with one attached hydrogen (secondary N) is 1. The third-order valence-electron chi connectivity index (χ3n) is 8.43. The molecule has 1 atom stereocenters. The maximum atomic E-state index is 14.9. The number of phenols is 1. The fourth-order valence-electron chi connectivity index (χ4n) is 6.60. The second kappa shape index (κ2) is 8.85. The van der Waals surface area contributed by atoms with Gasteiger partial charge in [0.15, 0.2) is 5.75 Å². The van der Waals surface area contributed by atoms with E-state index in [1.807, 2.05) is 0 Å². The number of nitrogens with zero attached hydrogens (tertiary/aromatic N) is 4. The smallest absolute Gasteiger partial charge is 0.319 e. The average molecular weight is 526 g/mol. The monoisotopic (exact) mass is 525 g/mol. The lowest BCUT2D eigenvalue weighted by atomic mass is 9.95. The number of rotatable bonds is 4. The van der Waals surface area contributed by atoms with Crippen LogP contribution >= 0.6 is 11.6 Å². The van der Waals surface area contributed by atoms with Crippen molar-refractivity contribution in [1.82, 2.24) is 20.2 Å². The summed E-state index contributed by atoms with van der Waals surface area (Å²) < 4.78 is 27.5. The summed E-state index contributed by atoms with van der Waals surface area (Å²) in [5.41, 5.74) is 0.947. The summed E-state index contributed by atoms with van der Waals surface area (Å²) in [7, 11) is 0. The van der Waals surface area contributed by atoms with Gasteiger partial charge in [0.2, 0.25) is 0 Å². The summed E-state index contributed by atoms with van der Waals surface area (Å²) in [5, 5.41) is 14.9. The van der Waals surface area contributed by atoms with E-state index in [2.05, 4.69) is 15.1 Å². The third-order valence-corrected chi connectivity index (χ3v) is 8.80. The standard InChI is InChI=1S/C27H29ClFN5O3/c28-23-17(21-18(29)4-1-5-20(21)35)12-19-22-24(23)36-14-16-13-30-8-11-34(16)25(22)32-26(31-19)37-15-27-6-2-9-33(27)10-3-7-27/h1,4-5,12,16,30,35H,2-3,6-11,13-15H2. The van der Waals surface area contributed by atoms with Crippen molar-refractivity contribution in [3.63, 3.8) is 0 Å². The molecule has 8 nitrogen and oxygen atoms in total. The Hall–Kier alpha value is -2.88. The number of piperazine rings is 1. The number of aromatic hydroxyl groups is 1. The molecule has 0 spiro atoms. The van der Waals surface area contributed by atoms with Crippen LogP contribution in [0.1, 0.15) is 25.7 Å². The third kappa shape index (κ3) is 3.70. The molecule has 0 amide bonds. The Morgan fingerprint density at radius 3 is 2.86 bits per heavy atom. The van der Waals surface area contributed by atoms with Crippen LogP contribution in [0, 0.1) is 5.82 Å². The fourth-order valence-corrected chi connectivity index (χ4v) is 6.89. The van der Waals surface area contributed by atoms with Gasteiger partial charge < -0.3 is 24.8 Å². The highest BCUT2D eigenvalue weighted by Crippen LogP contribution is 2.48. The van der Waals surface area contributed by atoms with Crippen LogP contribution < -0.4 is 19.7 Å². The molecule has 37 heavy (non-hydrogen) atoms. The van der Waals surface area contributed by atoms with Crippen LogP contribution in [0.25, 0.3) is 22.0 Å². The van der Waals surface area contributed by atoms with Gasteiger partial charge in [-0.2, -0.15) is 9.97 Å². The molecule has 7 rings (SSSR count). The van der Waals surface area contributed by atoms with Gasteiger partial charge in [0.25, 0.3) is 0 Å². The molecule has 4 aliphatic heterocycles. The number of hydrogen-bond donors (Lipinski definition) is 2. The first kappa shape index (κ1) is 23.3. The van der Waals surface area contributed by atoms with Crippen molar-refractivity contribution in [3.8, 4) is 28.6 Å². The Balaban J connectivity index is 1.38. The Morgan fingerprint density at radius 2 is 2.05 bits per heavy atom.